The molecule has 0 saturated carbocycles. The molecule has 1 aliphatic heterocycles. The van der Waals surface area contributed by atoms with Crippen molar-refractivity contribution in [2.75, 3.05) is 6.61 Å². The first-order chi connectivity index (χ1) is 15.9. The van der Waals surface area contributed by atoms with Gasteiger partial charge < -0.3 is 4.74 Å². The van der Waals surface area contributed by atoms with Gasteiger partial charge >= 0.3 is 5.97 Å². The zero-order valence-electron chi connectivity index (χ0n) is 18.9. The van der Waals surface area contributed by atoms with E-state index < -0.39 is 12.0 Å². The summed E-state index contributed by atoms with van der Waals surface area (Å²) in [7, 11) is 0. The van der Waals surface area contributed by atoms with Crippen LogP contribution < -0.4 is 14.9 Å². The molecule has 2 heterocycles. The first kappa shape index (κ1) is 22.7. The van der Waals surface area contributed by atoms with Gasteiger partial charge in [-0.25, -0.2) is 9.79 Å². The minimum absolute atomic E-state index is 0.0912. The van der Waals surface area contributed by atoms with Gasteiger partial charge in [0.05, 0.1) is 21.8 Å². The molecule has 0 spiro atoms. The molecule has 33 heavy (non-hydrogen) atoms. The van der Waals surface area contributed by atoms with E-state index in [1.807, 2.05) is 48.5 Å². The van der Waals surface area contributed by atoms with Gasteiger partial charge in [0, 0.05) is 0 Å². The van der Waals surface area contributed by atoms with E-state index in [9.17, 15) is 9.59 Å². The highest BCUT2D eigenvalue weighted by atomic mass is 32.1. The summed E-state index contributed by atoms with van der Waals surface area (Å²) in [4.78, 5) is 31.7. The van der Waals surface area contributed by atoms with Gasteiger partial charge in [-0.3, -0.25) is 9.36 Å². The number of nitrogens with zero attached hydrogens (tertiary/aromatic N) is 2. The number of hydrogen-bond acceptors (Lipinski definition) is 5. The van der Waals surface area contributed by atoms with Crippen LogP contribution in [0.4, 0.5) is 0 Å². The number of fused-ring (bicyclic) bond motifs is 1. The number of carbonyl (C=O) groups is 1. The average Bonchev–Trinajstić information content (AvgIpc) is 3.11. The SMILES string of the molecule is C=CCOC(=O)C1=C(C)N=c2s/c(=C\c3ccc(C(C)C)cc3)c(=O)n2C1c1ccccc1. The third kappa shape index (κ3) is 4.52. The van der Waals surface area contributed by atoms with Gasteiger partial charge in [-0.2, -0.15) is 0 Å². The maximum absolute atomic E-state index is 13.6. The second-order valence-electron chi connectivity index (χ2n) is 8.20. The molecular formula is C27H26N2O3S. The number of rotatable bonds is 6. The van der Waals surface area contributed by atoms with Crippen LogP contribution in [0.5, 0.6) is 0 Å². The Bertz CT molecular complexity index is 1390. The minimum atomic E-state index is -0.606. The number of allylic oxidation sites excluding steroid dienone is 1. The summed E-state index contributed by atoms with van der Waals surface area (Å²) in [5, 5.41) is 0. The molecular weight excluding hydrogens is 432 g/mol. The van der Waals surface area contributed by atoms with E-state index >= 15 is 0 Å². The lowest BCUT2D eigenvalue weighted by molar-refractivity contribution is -0.138. The molecule has 0 fully saturated rings. The van der Waals surface area contributed by atoms with Crippen LogP contribution >= 0.6 is 11.3 Å². The number of aromatic nitrogens is 1. The molecule has 1 unspecified atom stereocenters. The molecule has 1 atom stereocenters. The van der Waals surface area contributed by atoms with Gasteiger partial charge in [-0.15, -0.1) is 0 Å². The zero-order valence-corrected chi connectivity index (χ0v) is 19.8. The van der Waals surface area contributed by atoms with Crippen LogP contribution in [-0.2, 0) is 9.53 Å². The smallest absolute Gasteiger partial charge is 0.338 e. The predicted molar refractivity (Wildman–Crippen MR) is 132 cm³/mol. The molecule has 0 radical (unpaired) electrons. The maximum atomic E-state index is 13.6. The van der Waals surface area contributed by atoms with Gasteiger partial charge in [0.15, 0.2) is 4.80 Å². The summed E-state index contributed by atoms with van der Waals surface area (Å²) >= 11 is 1.33. The molecule has 0 aliphatic carbocycles. The molecule has 0 saturated heterocycles. The highest BCUT2D eigenvalue weighted by Gasteiger charge is 2.33. The van der Waals surface area contributed by atoms with Crippen molar-refractivity contribution >= 4 is 23.4 Å². The second-order valence-corrected chi connectivity index (χ2v) is 9.21. The van der Waals surface area contributed by atoms with Crippen molar-refractivity contribution < 1.29 is 9.53 Å². The Hall–Kier alpha value is -3.51. The van der Waals surface area contributed by atoms with Crippen LogP contribution in [0.15, 0.2) is 88.3 Å². The second kappa shape index (κ2) is 9.55. The van der Waals surface area contributed by atoms with Crippen molar-refractivity contribution in [2.45, 2.75) is 32.7 Å². The van der Waals surface area contributed by atoms with Gasteiger partial charge in [-0.05, 0) is 35.6 Å². The highest BCUT2D eigenvalue weighted by Crippen LogP contribution is 2.30. The van der Waals surface area contributed by atoms with Crippen molar-refractivity contribution in [2.24, 2.45) is 4.99 Å². The Balaban J connectivity index is 1.87. The molecule has 6 heteroatoms. The van der Waals surface area contributed by atoms with E-state index in [1.54, 1.807) is 11.5 Å². The highest BCUT2D eigenvalue weighted by molar-refractivity contribution is 7.07. The Morgan fingerprint density at radius 2 is 1.88 bits per heavy atom. The molecule has 0 amide bonds. The predicted octanol–water partition coefficient (Wildman–Crippen LogP) is 4.09. The summed E-state index contributed by atoms with van der Waals surface area (Å²) in [6, 6.07) is 17.1. The molecule has 0 bridgehead atoms. The quantitative estimate of drug-likeness (QED) is 0.413. The van der Waals surface area contributed by atoms with E-state index in [2.05, 4.69) is 37.6 Å². The summed E-state index contributed by atoms with van der Waals surface area (Å²) < 4.78 is 7.52. The van der Waals surface area contributed by atoms with Crippen molar-refractivity contribution in [3.63, 3.8) is 0 Å². The molecule has 4 rings (SSSR count). The molecule has 1 aliphatic rings. The molecule has 1 aromatic heterocycles. The molecule has 5 nitrogen and oxygen atoms in total. The van der Waals surface area contributed by atoms with Crippen LogP contribution in [0.2, 0.25) is 0 Å². The Labute approximate surface area is 196 Å². The largest absolute Gasteiger partial charge is 0.458 e. The number of esters is 1. The van der Waals surface area contributed by atoms with Crippen LogP contribution in [-0.4, -0.2) is 17.1 Å². The fraction of sp³-hybridized carbons (Fsp3) is 0.222. The summed E-state index contributed by atoms with van der Waals surface area (Å²) in [6.45, 7) is 9.78. The summed E-state index contributed by atoms with van der Waals surface area (Å²) in [5.41, 5.74) is 3.75. The average molecular weight is 459 g/mol. The monoisotopic (exact) mass is 458 g/mol. The van der Waals surface area contributed by atoms with Crippen LogP contribution in [0.1, 0.15) is 49.4 Å². The molecule has 2 aromatic carbocycles. The van der Waals surface area contributed by atoms with Crippen molar-refractivity contribution in [3.8, 4) is 0 Å². The fourth-order valence-corrected chi connectivity index (χ4v) is 4.92. The van der Waals surface area contributed by atoms with Crippen molar-refractivity contribution in [3.05, 3.63) is 115 Å². The standard InChI is InChI=1S/C27H26N2O3S/c1-5-15-32-26(31)23-18(4)28-27-29(24(23)21-9-7-6-8-10-21)25(30)22(33-27)16-19-11-13-20(14-12-19)17(2)3/h5-14,16-17,24H,1,15H2,2-4H3/b22-16-. The lowest BCUT2D eigenvalue weighted by Crippen LogP contribution is -2.39. The van der Waals surface area contributed by atoms with Crippen molar-refractivity contribution in [1.29, 1.82) is 0 Å². The summed E-state index contributed by atoms with van der Waals surface area (Å²) in [5.74, 6) is -0.0546. The number of ether oxygens (including phenoxy) is 1. The van der Waals surface area contributed by atoms with Crippen LogP contribution in [0, 0.1) is 0 Å². The van der Waals surface area contributed by atoms with E-state index in [4.69, 9.17) is 4.74 Å². The first-order valence-corrected chi connectivity index (χ1v) is 11.7. The van der Waals surface area contributed by atoms with Crippen LogP contribution in [0.3, 0.4) is 0 Å². The van der Waals surface area contributed by atoms with E-state index in [-0.39, 0.29) is 12.2 Å². The number of benzene rings is 2. The minimum Gasteiger partial charge on any atom is -0.458 e. The van der Waals surface area contributed by atoms with Gasteiger partial charge in [0.25, 0.3) is 5.56 Å². The van der Waals surface area contributed by atoms with E-state index in [0.29, 0.717) is 26.5 Å². The maximum Gasteiger partial charge on any atom is 0.338 e. The summed E-state index contributed by atoms with van der Waals surface area (Å²) in [6.07, 6.45) is 3.40. The topological polar surface area (TPSA) is 60.7 Å². The third-order valence-corrected chi connectivity index (χ3v) is 6.57. The first-order valence-electron chi connectivity index (χ1n) is 10.9. The fourth-order valence-electron chi connectivity index (χ4n) is 3.87. The number of carbonyl (C=O) groups excluding carboxylic acids is 1. The Morgan fingerprint density at radius 1 is 1.18 bits per heavy atom. The van der Waals surface area contributed by atoms with Crippen molar-refractivity contribution in [1.82, 2.24) is 4.57 Å². The van der Waals surface area contributed by atoms with Gasteiger partial charge in [-0.1, -0.05) is 92.4 Å². The Morgan fingerprint density at radius 3 is 2.52 bits per heavy atom. The zero-order chi connectivity index (χ0) is 23.5. The van der Waals surface area contributed by atoms with E-state index in [0.717, 1.165) is 11.1 Å². The Kier molecular flexibility index (Phi) is 6.56. The van der Waals surface area contributed by atoms with E-state index in [1.165, 1.54) is 23.0 Å². The molecule has 3 aromatic rings. The molecule has 0 N–H and O–H groups in total. The van der Waals surface area contributed by atoms with Gasteiger partial charge in [0.1, 0.15) is 6.61 Å². The third-order valence-electron chi connectivity index (χ3n) is 5.59. The lowest BCUT2D eigenvalue weighted by atomic mass is 9.96. The van der Waals surface area contributed by atoms with Crippen LogP contribution in [0.25, 0.3) is 6.08 Å². The lowest BCUT2D eigenvalue weighted by Gasteiger charge is -2.24. The van der Waals surface area contributed by atoms with Gasteiger partial charge in [0.2, 0.25) is 0 Å². The number of thiazole rings is 1. The normalized spacial score (nSPS) is 15.9. The number of hydrogen-bond donors (Lipinski definition) is 0. The molecule has 168 valence electrons.